The maximum absolute atomic E-state index is 13.8. The Labute approximate surface area is 331 Å². The molecule has 0 saturated heterocycles. The molecule has 0 aromatic heterocycles. The molecule has 0 radical (unpaired) electrons. The zero-order chi connectivity index (χ0) is 42.7. The van der Waals surface area contributed by atoms with Crippen LogP contribution in [0, 0.1) is 44.6 Å². The number of rotatable bonds is 8. The summed E-state index contributed by atoms with van der Waals surface area (Å²) in [4.78, 5) is 33.7. The summed E-state index contributed by atoms with van der Waals surface area (Å²) >= 11 is -0.800. The molecule has 1 unspecified atom stereocenters. The number of ketones is 1. The summed E-state index contributed by atoms with van der Waals surface area (Å²) in [5, 5.41) is 26.8. The van der Waals surface area contributed by atoms with Gasteiger partial charge in [-0.1, -0.05) is 13.0 Å². The number of Topliss-reactive ketones (excluding diaryl/α,β-unsaturated/α-hetero) is 1. The van der Waals surface area contributed by atoms with Crippen LogP contribution in [-0.2, 0) is 33.1 Å². The van der Waals surface area contributed by atoms with Crippen LogP contribution in [0.4, 0.5) is 36.4 Å². The summed E-state index contributed by atoms with van der Waals surface area (Å²) in [6, 6.07) is 13.6. The van der Waals surface area contributed by atoms with Crippen molar-refractivity contribution in [2.24, 2.45) is 5.41 Å². The molecule has 0 aliphatic heterocycles. The number of halogens is 8. The van der Waals surface area contributed by atoms with Gasteiger partial charge in [0.05, 0.1) is 52.5 Å². The minimum absolute atomic E-state index is 0. The first kappa shape index (κ1) is 51.1. The molecule has 3 aromatic rings. The monoisotopic (exact) mass is 949 g/mol. The molecular weight excluding hydrogens is 911 g/mol. The summed E-state index contributed by atoms with van der Waals surface area (Å²) in [5.41, 5.74) is 2.35. The van der Waals surface area contributed by atoms with Gasteiger partial charge in [-0.15, -0.1) is 0 Å². The molecule has 0 spiro atoms. The van der Waals surface area contributed by atoms with Gasteiger partial charge in [0.25, 0.3) is 0 Å². The molecule has 3 rings (SSSR count). The van der Waals surface area contributed by atoms with Crippen LogP contribution in [0.3, 0.4) is 0 Å². The van der Waals surface area contributed by atoms with Gasteiger partial charge in [0, 0.05) is 17.0 Å². The number of benzene rings is 3. The van der Waals surface area contributed by atoms with Crippen molar-refractivity contribution in [2.45, 2.75) is 57.8 Å². The molecule has 0 bridgehead atoms. The molecule has 0 fully saturated rings. The summed E-state index contributed by atoms with van der Waals surface area (Å²) in [5.74, 6) is -1.11. The van der Waals surface area contributed by atoms with E-state index in [1.807, 2.05) is 0 Å². The summed E-state index contributed by atoms with van der Waals surface area (Å²) < 4.78 is 99.4. The Morgan fingerprint density at radius 3 is 1.85 bits per heavy atom. The van der Waals surface area contributed by atoms with Gasteiger partial charge >= 0.3 is 75.1 Å². The van der Waals surface area contributed by atoms with Crippen molar-refractivity contribution in [3.8, 4) is 17.5 Å². The minimum atomic E-state index is -4.57. The summed E-state index contributed by atoms with van der Waals surface area (Å²) in [6.07, 6.45) is -8.15. The van der Waals surface area contributed by atoms with Gasteiger partial charge in [0.2, 0.25) is 0 Å². The fourth-order valence-corrected chi connectivity index (χ4v) is 5.77. The van der Waals surface area contributed by atoms with Gasteiger partial charge in [-0.3, -0.25) is 9.59 Å². The van der Waals surface area contributed by atoms with Crippen molar-refractivity contribution < 1.29 is 56.7 Å². The number of esters is 1. The number of thioether (sulfide) groups is 1. The van der Waals surface area contributed by atoms with Crippen LogP contribution in [0.25, 0.3) is 0 Å². The average Bonchev–Trinajstić information content (AvgIpc) is 3.11. The van der Waals surface area contributed by atoms with Gasteiger partial charge in [-0.2, -0.15) is 42.1 Å². The quantitative estimate of drug-likeness (QED) is 0.0262. The fraction of sp³-hybridized carbons (Fsp3) is 0.314. The first-order chi connectivity index (χ1) is 25.4. The van der Waals surface area contributed by atoms with Crippen LogP contribution in [0.1, 0.15) is 73.7 Å². The van der Waals surface area contributed by atoms with E-state index in [2.05, 4.69) is 6.88 Å². The van der Waals surface area contributed by atoms with Crippen LogP contribution < -0.4 is 5.73 Å². The average molecular weight is 950 g/mol. The van der Waals surface area contributed by atoms with Crippen molar-refractivity contribution in [1.82, 2.24) is 0 Å². The van der Waals surface area contributed by atoms with E-state index in [9.17, 15) is 45.1 Å². The Bertz CT molecular complexity index is 1940. The SMILES string of the molecule is CCC(=O)c1ccc(CC(C)(C)C(=O)OC)cc1F.N#CSc1ccc(C#N)c(C(F)(F)F)c1.N#Cc1ccc(N)cc1C(F)(F)F.O.[2H]CSI(P)C(C)=O. The van der Waals surface area contributed by atoms with E-state index in [1.54, 1.807) is 39.2 Å². The molecule has 0 aliphatic carbocycles. The Balaban J connectivity index is 0. The van der Waals surface area contributed by atoms with E-state index in [4.69, 9.17) is 27.6 Å². The van der Waals surface area contributed by atoms with E-state index in [1.165, 1.54) is 52.4 Å². The van der Waals surface area contributed by atoms with E-state index in [0.29, 0.717) is 30.0 Å². The second-order valence-electron chi connectivity index (χ2n) is 10.9. The van der Waals surface area contributed by atoms with Gasteiger partial charge in [-0.05, 0) is 86.1 Å². The van der Waals surface area contributed by atoms with Gasteiger partial charge in [0.15, 0.2) is 5.78 Å². The van der Waals surface area contributed by atoms with Crippen LogP contribution in [0.2, 0.25) is 0 Å². The molecule has 1 atom stereocenters. The first-order valence-electron chi connectivity index (χ1n) is 15.5. The first-order valence-corrected chi connectivity index (χ1v) is 24.3. The van der Waals surface area contributed by atoms with Crippen molar-refractivity contribution in [3.05, 3.63) is 93.8 Å². The van der Waals surface area contributed by atoms with Gasteiger partial charge < -0.3 is 15.9 Å². The van der Waals surface area contributed by atoms with Gasteiger partial charge in [0.1, 0.15) is 11.2 Å². The molecule has 3 aromatic carbocycles. The molecule has 20 heteroatoms. The molecular formula is C35H37F7IN4O5PS2. The third-order valence-corrected chi connectivity index (χ3v) is 16.8. The number of nitrogens with zero attached hydrogens (tertiary/aromatic N) is 3. The van der Waals surface area contributed by atoms with E-state index in [-0.39, 0.29) is 43.6 Å². The van der Waals surface area contributed by atoms with Crippen molar-refractivity contribution in [1.29, 1.82) is 15.8 Å². The Hall–Kier alpha value is -3.93. The topological polar surface area (TPSA) is 189 Å². The Morgan fingerprint density at radius 1 is 0.927 bits per heavy atom. The van der Waals surface area contributed by atoms with E-state index >= 15 is 0 Å². The van der Waals surface area contributed by atoms with Gasteiger partial charge in [-0.25, -0.2) is 4.39 Å². The second kappa shape index (κ2) is 24.6. The number of hydrogen-bond donors (Lipinski definition) is 1. The zero-order valence-corrected chi connectivity index (χ0v) is 34.7. The van der Waals surface area contributed by atoms with Crippen molar-refractivity contribution in [2.75, 3.05) is 19.1 Å². The molecule has 4 N–H and O–H groups in total. The number of nitrogens with two attached hydrogens (primary N) is 1. The predicted molar refractivity (Wildman–Crippen MR) is 210 cm³/mol. The zero-order valence-electron chi connectivity index (χ0n) is 30.8. The van der Waals surface area contributed by atoms with Crippen LogP contribution in [0.15, 0.2) is 59.5 Å². The fourth-order valence-electron chi connectivity index (χ4n) is 3.89. The number of anilines is 1. The van der Waals surface area contributed by atoms with E-state index < -0.39 is 63.7 Å². The molecule has 300 valence electrons. The number of nitriles is 3. The van der Waals surface area contributed by atoms with Crippen molar-refractivity contribution >= 4 is 66.7 Å². The predicted octanol–water partition coefficient (Wildman–Crippen LogP) is 9.75. The number of methoxy groups -OCH3 is 1. The normalized spacial score (nSPS) is 10.9. The molecule has 0 saturated carbocycles. The number of carbonyl (C=O) groups excluding carboxylic acids is 3. The Morgan fingerprint density at radius 2 is 1.45 bits per heavy atom. The summed E-state index contributed by atoms with van der Waals surface area (Å²) in [7, 11) is 2.80. The molecule has 0 heterocycles. The number of nitrogen functional groups attached to an aromatic ring is 1. The number of hydrogen-bond acceptors (Lipinski definition) is 10. The standard InChI is InChI=1S/C15H19FO3.C9H3F3N2S.C8H5F3N2.C3H8IOPS.H2O/c1-5-13(17)11-7-6-10(8-12(11)16)9-15(2,3)14(18)19-4;10-9(11,12)8-3-7(15-5-14)2-1-6(8)4-13;9-8(10,11)7-3-6(13)2-1-5(7)4-12;1-3(5)4(6)7-2;/h6-8H,5,9H2,1-4H3;1-3H;1-3H,13H2;6H2,1-2H3;1H2/i;;;2D;. The molecule has 55 heavy (non-hydrogen) atoms. The molecule has 0 amide bonds. The number of thiocyanates is 1. The second-order valence-corrected chi connectivity index (χ2v) is 24.2. The summed E-state index contributed by atoms with van der Waals surface area (Å²) in [6.45, 7) is 9.31. The third kappa shape index (κ3) is 18.5. The third-order valence-electron chi connectivity index (χ3n) is 6.47. The van der Waals surface area contributed by atoms with Crippen LogP contribution >= 0.6 is 45.5 Å². The van der Waals surface area contributed by atoms with E-state index in [0.717, 1.165) is 24.3 Å². The van der Waals surface area contributed by atoms with Crippen LogP contribution in [0.5, 0.6) is 0 Å². The number of carbonyl (C=O) groups is 3. The van der Waals surface area contributed by atoms with Crippen LogP contribution in [-0.4, -0.2) is 34.4 Å². The Kier molecular flexibility index (Phi) is 22.8. The molecule has 9 nitrogen and oxygen atoms in total. The maximum atomic E-state index is 13.8. The van der Waals surface area contributed by atoms with Crippen molar-refractivity contribution in [3.63, 3.8) is 0 Å². The molecule has 0 aliphatic rings. The number of alkyl halides is 6. The number of ether oxygens (including phenoxy) is 1.